The third kappa shape index (κ3) is 3.00. The number of benzene rings is 1. The van der Waals surface area contributed by atoms with Crippen LogP contribution in [0.3, 0.4) is 0 Å². The third-order valence-electron chi connectivity index (χ3n) is 2.58. The highest BCUT2D eigenvalue weighted by Crippen LogP contribution is 2.24. The van der Waals surface area contributed by atoms with Crippen LogP contribution in [-0.2, 0) is 0 Å². The largest absolute Gasteiger partial charge is 0.378 e. The first kappa shape index (κ1) is 13.3. The number of carbonyl (C=O) groups excluding carboxylic acids is 1. The van der Waals surface area contributed by atoms with E-state index in [2.05, 4.69) is 15.3 Å². The van der Waals surface area contributed by atoms with Crippen LogP contribution in [0, 0.1) is 0 Å². The molecule has 98 valence electrons. The van der Waals surface area contributed by atoms with E-state index in [0.29, 0.717) is 12.1 Å². The molecule has 0 bridgehead atoms. The topological polar surface area (TPSA) is 58.1 Å². The highest BCUT2D eigenvalue weighted by molar-refractivity contribution is 6.32. The van der Waals surface area contributed by atoms with E-state index in [4.69, 9.17) is 11.6 Å². The lowest BCUT2D eigenvalue weighted by molar-refractivity contribution is 0.112. The standard InChI is InChI=1S/C13H13ClN4O/c1-18(2)10-5-3-4-9(6-10)17-13-11(7-19)12(14)15-8-16-13/h3-8H,1-2H3,(H,15,16,17). The van der Waals surface area contributed by atoms with E-state index in [1.54, 1.807) is 0 Å². The van der Waals surface area contributed by atoms with E-state index >= 15 is 0 Å². The number of aromatic nitrogens is 2. The summed E-state index contributed by atoms with van der Waals surface area (Å²) >= 11 is 5.85. The van der Waals surface area contributed by atoms with Gasteiger partial charge in [-0.1, -0.05) is 17.7 Å². The fraction of sp³-hybridized carbons (Fsp3) is 0.154. The highest BCUT2D eigenvalue weighted by atomic mass is 35.5. The summed E-state index contributed by atoms with van der Waals surface area (Å²) in [6.45, 7) is 0. The SMILES string of the molecule is CN(C)c1cccc(Nc2ncnc(Cl)c2C=O)c1. The molecule has 19 heavy (non-hydrogen) atoms. The number of anilines is 3. The summed E-state index contributed by atoms with van der Waals surface area (Å²) in [7, 11) is 3.91. The molecule has 0 aliphatic heterocycles. The summed E-state index contributed by atoms with van der Waals surface area (Å²) < 4.78 is 0. The van der Waals surface area contributed by atoms with Gasteiger partial charge in [0, 0.05) is 25.5 Å². The smallest absolute Gasteiger partial charge is 0.156 e. The molecule has 5 nitrogen and oxygen atoms in total. The zero-order chi connectivity index (χ0) is 13.8. The Morgan fingerprint density at radius 2 is 2.11 bits per heavy atom. The number of aldehydes is 1. The van der Waals surface area contributed by atoms with Crippen molar-refractivity contribution >= 4 is 35.1 Å². The van der Waals surface area contributed by atoms with Crippen LogP contribution in [0.15, 0.2) is 30.6 Å². The van der Waals surface area contributed by atoms with Crippen molar-refractivity contribution in [1.29, 1.82) is 0 Å². The minimum atomic E-state index is 0.135. The Kier molecular flexibility index (Phi) is 3.97. The monoisotopic (exact) mass is 276 g/mol. The van der Waals surface area contributed by atoms with Crippen molar-refractivity contribution in [3.8, 4) is 0 Å². The van der Waals surface area contributed by atoms with Gasteiger partial charge >= 0.3 is 0 Å². The van der Waals surface area contributed by atoms with Gasteiger partial charge in [-0.3, -0.25) is 4.79 Å². The fourth-order valence-corrected chi connectivity index (χ4v) is 1.75. The first-order valence-corrected chi connectivity index (χ1v) is 5.99. The van der Waals surface area contributed by atoms with Crippen LogP contribution >= 0.6 is 11.6 Å². The van der Waals surface area contributed by atoms with Gasteiger partial charge in [0.05, 0.1) is 5.56 Å². The van der Waals surface area contributed by atoms with Crippen LogP contribution in [-0.4, -0.2) is 30.3 Å². The van der Waals surface area contributed by atoms with Crippen LogP contribution < -0.4 is 10.2 Å². The molecule has 1 aromatic carbocycles. The second-order valence-electron chi connectivity index (χ2n) is 4.11. The molecule has 2 rings (SSSR count). The molecule has 0 fully saturated rings. The van der Waals surface area contributed by atoms with Gasteiger partial charge in [0.2, 0.25) is 0 Å². The van der Waals surface area contributed by atoms with Crippen LogP contribution in [0.25, 0.3) is 0 Å². The van der Waals surface area contributed by atoms with E-state index in [1.165, 1.54) is 6.33 Å². The second-order valence-corrected chi connectivity index (χ2v) is 4.47. The molecule has 1 heterocycles. The van der Waals surface area contributed by atoms with Gasteiger partial charge in [0.25, 0.3) is 0 Å². The number of rotatable bonds is 4. The summed E-state index contributed by atoms with van der Waals surface area (Å²) in [5.41, 5.74) is 2.11. The lowest BCUT2D eigenvalue weighted by atomic mass is 10.2. The number of nitrogens with zero attached hydrogens (tertiary/aromatic N) is 3. The minimum absolute atomic E-state index is 0.135. The molecule has 0 saturated carbocycles. The maximum absolute atomic E-state index is 11.0. The lowest BCUT2D eigenvalue weighted by Crippen LogP contribution is -2.08. The molecule has 1 aromatic heterocycles. The summed E-state index contributed by atoms with van der Waals surface area (Å²) in [5, 5.41) is 3.20. The van der Waals surface area contributed by atoms with Crippen molar-refractivity contribution in [3.63, 3.8) is 0 Å². The summed E-state index contributed by atoms with van der Waals surface area (Å²) in [4.78, 5) is 20.8. The van der Waals surface area contributed by atoms with Gasteiger partial charge in [0.1, 0.15) is 17.3 Å². The minimum Gasteiger partial charge on any atom is -0.378 e. The normalized spacial score (nSPS) is 10.1. The van der Waals surface area contributed by atoms with Crippen molar-refractivity contribution in [3.05, 3.63) is 41.3 Å². The fourth-order valence-electron chi connectivity index (χ4n) is 1.58. The molecule has 0 atom stereocenters. The third-order valence-corrected chi connectivity index (χ3v) is 2.88. The molecule has 0 spiro atoms. The van der Waals surface area contributed by atoms with Crippen LogP contribution in [0.1, 0.15) is 10.4 Å². The van der Waals surface area contributed by atoms with Crippen LogP contribution in [0.2, 0.25) is 5.15 Å². The number of carbonyl (C=O) groups is 1. The average Bonchev–Trinajstić information content (AvgIpc) is 2.39. The Labute approximate surface area is 116 Å². The first-order valence-electron chi connectivity index (χ1n) is 5.62. The van der Waals surface area contributed by atoms with E-state index in [-0.39, 0.29) is 10.7 Å². The van der Waals surface area contributed by atoms with Crippen molar-refractivity contribution in [2.75, 3.05) is 24.3 Å². The molecule has 0 aliphatic rings. The Balaban J connectivity index is 2.33. The second kappa shape index (κ2) is 5.67. The molecular formula is C13H13ClN4O. The van der Waals surface area contributed by atoms with E-state index in [9.17, 15) is 4.79 Å². The number of hydrogen-bond acceptors (Lipinski definition) is 5. The van der Waals surface area contributed by atoms with E-state index < -0.39 is 0 Å². The van der Waals surface area contributed by atoms with Gasteiger partial charge < -0.3 is 10.2 Å². The molecule has 6 heteroatoms. The molecule has 0 amide bonds. The Morgan fingerprint density at radius 3 is 2.79 bits per heavy atom. The number of nitrogens with one attached hydrogen (secondary N) is 1. The van der Waals surface area contributed by atoms with Crippen molar-refractivity contribution < 1.29 is 4.79 Å². The van der Waals surface area contributed by atoms with Gasteiger partial charge in [-0.05, 0) is 18.2 Å². The molecule has 0 unspecified atom stereocenters. The lowest BCUT2D eigenvalue weighted by Gasteiger charge is -2.14. The zero-order valence-electron chi connectivity index (χ0n) is 10.6. The predicted octanol–water partition coefficient (Wildman–Crippen LogP) is 2.75. The van der Waals surface area contributed by atoms with Crippen LogP contribution in [0.4, 0.5) is 17.2 Å². The Morgan fingerprint density at radius 1 is 1.32 bits per heavy atom. The summed E-state index contributed by atoms with van der Waals surface area (Å²) in [6.07, 6.45) is 1.95. The molecule has 0 saturated heterocycles. The first-order chi connectivity index (χ1) is 9.11. The van der Waals surface area contributed by atoms with Crippen molar-refractivity contribution in [1.82, 2.24) is 9.97 Å². The van der Waals surface area contributed by atoms with Gasteiger partial charge in [-0.15, -0.1) is 0 Å². The number of hydrogen-bond donors (Lipinski definition) is 1. The van der Waals surface area contributed by atoms with E-state index in [1.807, 2.05) is 43.3 Å². The molecule has 2 aromatic rings. The van der Waals surface area contributed by atoms with Gasteiger partial charge in [-0.25, -0.2) is 9.97 Å². The van der Waals surface area contributed by atoms with Crippen LogP contribution in [0.5, 0.6) is 0 Å². The maximum Gasteiger partial charge on any atom is 0.156 e. The van der Waals surface area contributed by atoms with Gasteiger partial charge in [-0.2, -0.15) is 0 Å². The molecule has 1 N–H and O–H groups in total. The zero-order valence-corrected chi connectivity index (χ0v) is 11.3. The number of halogens is 1. The predicted molar refractivity (Wildman–Crippen MR) is 76.5 cm³/mol. The summed E-state index contributed by atoms with van der Waals surface area (Å²) in [6, 6.07) is 7.74. The molecule has 0 aliphatic carbocycles. The molecule has 0 radical (unpaired) electrons. The van der Waals surface area contributed by atoms with Crippen molar-refractivity contribution in [2.45, 2.75) is 0 Å². The maximum atomic E-state index is 11.0. The average molecular weight is 277 g/mol. The van der Waals surface area contributed by atoms with E-state index in [0.717, 1.165) is 11.4 Å². The molecular weight excluding hydrogens is 264 g/mol. The Bertz CT molecular complexity index is 601. The van der Waals surface area contributed by atoms with Crippen molar-refractivity contribution in [2.24, 2.45) is 0 Å². The highest BCUT2D eigenvalue weighted by Gasteiger charge is 2.09. The summed E-state index contributed by atoms with van der Waals surface area (Å²) in [5.74, 6) is 0.394. The quantitative estimate of drug-likeness (QED) is 0.687. The Hall–Kier alpha value is -2.14. The van der Waals surface area contributed by atoms with Gasteiger partial charge in [0.15, 0.2) is 6.29 Å².